The molecule has 0 saturated carbocycles. The molecule has 0 aliphatic heterocycles. The Hall–Kier alpha value is -5.16. The van der Waals surface area contributed by atoms with Crippen LogP contribution in [0.15, 0.2) is 66.9 Å². The number of likely N-dealkylation sites (N-methyl/N-ethyl adjacent to an activating group) is 2. The molecule has 3 aromatic carbocycles. The van der Waals surface area contributed by atoms with Crippen LogP contribution in [0.2, 0.25) is 0 Å². The smallest absolute Gasteiger partial charge is 0.413 e. The maximum Gasteiger partial charge on any atom is 0.413 e. The summed E-state index contributed by atoms with van der Waals surface area (Å²) in [5.74, 6) is 1.36. The molecule has 0 fully saturated rings. The highest BCUT2D eigenvalue weighted by Crippen LogP contribution is 2.41. The number of ether oxygens (including phenoxy) is 2. The average molecular weight is 655 g/mol. The van der Waals surface area contributed by atoms with Crippen LogP contribution in [0.3, 0.4) is 0 Å². The average Bonchev–Trinajstić information content (AvgIpc) is 3.07. The van der Waals surface area contributed by atoms with Gasteiger partial charge in [-0.25, -0.2) is 14.7 Å². The van der Waals surface area contributed by atoms with Crippen LogP contribution >= 0.6 is 0 Å². The molecule has 1 heterocycles. The fraction of sp³-hybridized carbons (Fsp3) is 0.351. The number of carboxylic acid groups (broad SMARTS) is 1. The molecule has 4 aromatic rings. The number of anilines is 3. The second-order valence-electron chi connectivity index (χ2n) is 11.7. The Morgan fingerprint density at radius 3 is 2.15 bits per heavy atom. The van der Waals surface area contributed by atoms with Crippen molar-refractivity contribution in [2.24, 2.45) is 0 Å². The molecule has 2 amide bonds. The van der Waals surface area contributed by atoms with E-state index in [4.69, 9.17) is 9.47 Å². The molecule has 11 heteroatoms. The Bertz CT molecular complexity index is 1700. The number of rotatable bonds is 14. The van der Waals surface area contributed by atoms with Crippen molar-refractivity contribution < 1.29 is 24.2 Å². The molecule has 0 bridgehead atoms. The summed E-state index contributed by atoms with van der Waals surface area (Å²) < 4.78 is 11.3. The third kappa shape index (κ3) is 8.21. The van der Waals surface area contributed by atoms with Gasteiger partial charge < -0.3 is 29.7 Å². The molecule has 1 aromatic heterocycles. The Kier molecular flexibility index (Phi) is 12.0. The zero-order valence-electron chi connectivity index (χ0n) is 29.1. The first-order valence-electron chi connectivity index (χ1n) is 16.0. The molecular formula is C37H46N6O5. The Morgan fingerprint density at radius 1 is 0.896 bits per heavy atom. The van der Waals surface area contributed by atoms with Crippen LogP contribution in [0.4, 0.5) is 22.2 Å². The van der Waals surface area contributed by atoms with Gasteiger partial charge in [0.1, 0.15) is 17.3 Å². The number of carbonyl (C=O) groups excluding carboxylic acids is 1. The van der Waals surface area contributed by atoms with Crippen LogP contribution in [0.5, 0.6) is 11.5 Å². The van der Waals surface area contributed by atoms with Crippen molar-refractivity contribution in [2.75, 3.05) is 57.7 Å². The van der Waals surface area contributed by atoms with Crippen molar-refractivity contribution in [3.8, 4) is 11.5 Å². The van der Waals surface area contributed by atoms with E-state index in [9.17, 15) is 14.7 Å². The van der Waals surface area contributed by atoms with Gasteiger partial charge in [0.15, 0.2) is 0 Å². The van der Waals surface area contributed by atoms with Gasteiger partial charge in [0.25, 0.3) is 5.91 Å². The van der Waals surface area contributed by atoms with Crippen molar-refractivity contribution in [3.05, 3.63) is 100 Å². The number of hydrogen-bond acceptors (Lipinski definition) is 8. The summed E-state index contributed by atoms with van der Waals surface area (Å²) in [6, 6.07) is 17.2. The van der Waals surface area contributed by atoms with Gasteiger partial charge in [-0.3, -0.25) is 4.79 Å². The summed E-state index contributed by atoms with van der Waals surface area (Å²) in [5.41, 5.74) is 5.54. The highest BCUT2D eigenvalue weighted by molar-refractivity contribution is 5.94. The Balaban J connectivity index is 1.69. The van der Waals surface area contributed by atoms with Gasteiger partial charge >= 0.3 is 6.09 Å². The maximum atomic E-state index is 13.2. The van der Waals surface area contributed by atoms with Gasteiger partial charge in [-0.2, -0.15) is 4.98 Å². The largest absolute Gasteiger partial charge is 0.497 e. The third-order valence-corrected chi connectivity index (χ3v) is 8.48. The lowest BCUT2D eigenvalue weighted by molar-refractivity contribution is 0.0779. The van der Waals surface area contributed by atoms with Gasteiger partial charge in [0.2, 0.25) is 5.95 Å². The van der Waals surface area contributed by atoms with Gasteiger partial charge in [-0.15, -0.1) is 0 Å². The van der Waals surface area contributed by atoms with E-state index in [2.05, 4.69) is 34.0 Å². The first-order chi connectivity index (χ1) is 23.0. The molecule has 4 rings (SSSR count). The predicted octanol–water partition coefficient (Wildman–Crippen LogP) is 6.85. The lowest BCUT2D eigenvalue weighted by Crippen LogP contribution is -2.36. The zero-order chi connectivity index (χ0) is 35.0. The van der Waals surface area contributed by atoms with E-state index < -0.39 is 12.1 Å². The molecule has 1 unspecified atom stereocenters. The number of amides is 2. The highest BCUT2D eigenvalue weighted by atomic mass is 16.5. The van der Waals surface area contributed by atoms with Crippen molar-refractivity contribution in [1.29, 1.82) is 0 Å². The topological polar surface area (TPSA) is 120 Å². The fourth-order valence-electron chi connectivity index (χ4n) is 5.96. The molecule has 0 aliphatic carbocycles. The van der Waals surface area contributed by atoms with E-state index >= 15 is 0 Å². The second-order valence-corrected chi connectivity index (χ2v) is 11.7. The molecule has 11 nitrogen and oxygen atoms in total. The number of aryl methyl sites for hydroxylation is 3. The normalized spacial score (nSPS) is 11.6. The molecular weight excluding hydrogens is 608 g/mol. The second kappa shape index (κ2) is 16.1. The number of nitrogens with one attached hydrogen (secondary N) is 1. The maximum absolute atomic E-state index is 13.2. The minimum atomic E-state index is -1.21. The summed E-state index contributed by atoms with van der Waals surface area (Å²) in [6.07, 6.45) is 0.305. The molecule has 1 atom stereocenters. The predicted molar refractivity (Wildman–Crippen MR) is 189 cm³/mol. The minimum Gasteiger partial charge on any atom is -0.497 e. The number of benzene rings is 3. The Morgan fingerprint density at radius 2 is 1.56 bits per heavy atom. The summed E-state index contributed by atoms with van der Waals surface area (Å²) in [7, 11) is 4.92. The lowest BCUT2D eigenvalue weighted by Gasteiger charge is -2.33. The molecule has 48 heavy (non-hydrogen) atoms. The molecule has 0 radical (unpaired) electrons. The fourth-order valence-corrected chi connectivity index (χ4v) is 5.96. The van der Waals surface area contributed by atoms with E-state index in [1.807, 2.05) is 32.9 Å². The van der Waals surface area contributed by atoms with Crippen molar-refractivity contribution in [3.63, 3.8) is 0 Å². The van der Waals surface area contributed by atoms with Gasteiger partial charge in [-0.1, -0.05) is 31.5 Å². The van der Waals surface area contributed by atoms with Crippen LogP contribution in [-0.4, -0.2) is 84.3 Å². The SMILES string of the molecule is CCN(CC)CCN(C)C(=O)c1ccc(Nc2nccc(N(C(=O)O)C(c3cc(OC)ccc3OC)c3c(C)cc(C)cc3C)n2)cc1. The summed E-state index contributed by atoms with van der Waals surface area (Å²) in [5, 5.41) is 13.9. The quantitative estimate of drug-likeness (QED) is 0.150. The number of aromatic nitrogens is 2. The van der Waals surface area contributed by atoms with Gasteiger partial charge in [0, 0.05) is 43.1 Å². The molecule has 0 saturated heterocycles. The van der Waals surface area contributed by atoms with Crippen LogP contribution in [0.25, 0.3) is 0 Å². The zero-order valence-corrected chi connectivity index (χ0v) is 29.1. The third-order valence-electron chi connectivity index (χ3n) is 8.48. The van der Waals surface area contributed by atoms with Crippen LogP contribution in [0.1, 0.15) is 58.1 Å². The monoisotopic (exact) mass is 654 g/mol. The lowest BCUT2D eigenvalue weighted by atomic mass is 9.88. The number of methoxy groups -OCH3 is 2. The van der Waals surface area contributed by atoms with Gasteiger partial charge in [-0.05, 0) is 99.1 Å². The van der Waals surface area contributed by atoms with Crippen LogP contribution < -0.4 is 19.7 Å². The van der Waals surface area contributed by atoms with Gasteiger partial charge in [0.05, 0.1) is 20.3 Å². The number of nitrogens with zero attached hydrogens (tertiary/aromatic N) is 5. The van der Waals surface area contributed by atoms with E-state index in [-0.39, 0.29) is 17.7 Å². The molecule has 0 spiro atoms. The van der Waals surface area contributed by atoms with E-state index in [0.717, 1.165) is 41.9 Å². The van der Waals surface area contributed by atoms with E-state index in [0.29, 0.717) is 34.9 Å². The standard InChI is InChI=1S/C37H46N6O5/c1-9-42(10-2)20-19-41(6)35(44)27-11-13-28(14-12-27)39-36-38-18-17-32(40-36)43(37(45)46)34(33-25(4)21-24(3)22-26(33)5)30-23-29(47-7)15-16-31(30)48-8/h11-18,21-23,34H,9-10,19-20H2,1-8H3,(H,45,46)(H,38,39,40). The minimum absolute atomic E-state index is 0.0650. The van der Waals surface area contributed by atoms with E-state index in [1.165, 1.54) is 11.1 Å². The van der Waals surface area contributed by atoms with Crippen molar-refractivity contribution >= 4 is 29.5 Å². The number of carbonyl (C=O) groups is 2. The molecule has 0 aliphatic rings. The molecule has 254 valence electrons. The highest BCUT2D eigenvalue weighted by Gasteiger charge is 2.34. The summed E-state index contributed by atoms with van der Waals surface area (Å²) in [4.78, 5) is 40.5. The van der Waals surface area contributed by atoms with Crippen LogP contribution in [-0.2, 0) is 0 Å². The van der Waals surface area contributed by atoms with Crippen molar-refractivity contribution in [1.82, 2.24) is 19.8 Å². The van der Waals surface area contributed by atoms with Crippen molar-refractivity contribution in [2.45, 2.75) is 40.7 Å². The Labute approximate surface area is 283 Å². The first kappa shape index (κ1) is 35.7. The molecule has 2 N–H and O–H groups in total. The number of hydrogen-bond donors (Lipinski definition) is 2. The van der Waals surface area contributed by atoms with E-state index in [1.54, 1.807) is 74.7 Å². The van der Waals surface area contributed by atoms with Crippen LogP contribution in [0, 0.1) is 20.8 Å². The summed E-state index contributed by atoms with van der Waals surface area (Å²) >= 11 is 0. The first-order valence-corrected chi connectivity index (χ1v) is 16.0. The summed E-state index contributed by atoms with van der Waals surface area (Å²) in [6.45, 7) is 13.5.